The van der Waals surface area contributed by atoms with Crippen LogP contribution in [0.1, 0.15) is 33.1 Å². The molecule has 1 aliphatic rings. The smallest absolute Gasteiger partial charge is 0.234 e. The Morgan fingerprint density at radius 1 is 1.15 bits per heavy atom. The van der Waals surface area contributed by atoms with Gasteiger partial charge in [-0.3, -0.25) is 9.69 Å². The number of anilines is 4. The molecular formula is C20H27N5O. The summed E-state index contributed by atoms with van der Waals surface area (Å²) in [6.07, 6.45) is 4.32. The van der Waals surface area contributed by atoms with Crippen LogP contribution < -0.4 is 15.1 Å². The minimum absolute atomic E-state index is 0.183. The summed E-state index contributed by atoms with van der Waals surface area (Å²) < 4.78 is 0. The van der Waals surface area contributed by atoms with Crippen LogP contribution in [-0.2, 0) is 4.79 Å². The predicted molar refractivity (Wildman–Crippen MR) is 106 cm³/mol. The lowest BCUT2D eigenvalue weighted by Crippen LogP contribution is -2.34. The van der Waals surface area contributed by atoms with Crippen LogP contribution >= 0.6 is 0 Å². The van der Waals surface area contributed by atoms with Crippen molar-refractivity contribution in [3.63, 3.8) is 0 Å². The third-order valence-corrected chi connectivity index (χ3v) is 5.42. The van der Waals surface area contributed by atoms with Gasteiger partial charge in [0.25, 0.3) is 0 Å². The first-order valence-corrected chi connectivity index (χ1v) is 9.18. The molecule has 0 aliphatic carbocycles. The van der Waals surface area contributed by atoms with Gasteiger partial charge in [0.2, 0.25) is 11.9 Å². The Balaban J connectivity index is 1.78. The molecule has 1 amide bonds. The highest BCUT2D eigenvalue weighted by Crippen LogP contribution is 2.40. The quantitative estimate of drug-likeness (QED) is 0.855. The van der Waals surface area contributed by atoms with E-state index in [4.69, 9.17) is 0 Å². The zero-order valence-electron chi connectivity index (χ0n) is 16.0. The number of aromatic nitrogens is 2. The van der Waals surface area contributed by atoms with Gasteiger partial charge >= 0.3 is 0 Å². The van der Waals surface area contributed by atoms with Crippen LogP contribution in [0.25, 0.3) is 0 Å². The van der Waals surface area contributed by atoms with Gasteiger partial charge in [0.05, 0.1) is 5.41 Å². The third-order valence-electron chi connectivity index (χ3n) is 5.42. The molecule has 6 heteroatoms. The van der Waals surface area contributed by atoms with Crippen molar-refractivity contribution in [1.82, 2.24) is 9.97 Å². The summed E-state index contributed by atoms with van der Waals surface area (Å²) in [5.41, 5.74) is 1.81. The number of hydrogen-bond acceptors (Lipinski definition) is 5. The second-order valence-corrected chi connectivity index (χ2v) is 7.00. The summed E-state index contributed by atoms with van der Waals surface area (Å²) in [6.45, 7) is 4.90. The van der Waals surface area contributed by atoms with Crippen LogP contribution in [0.4, 0.5) is 23.1 Å². The maximum absolute atomic E-state index is 12.9. The summed E-state index contributed by atoms with van der Waals surface area (Å²) in [4.78, 5) is 25.6. The van der Waals surface area contributed by atoms with E-state index in [0.29, 0.717) is 18.3 Å². The Labute approximate surface area is 155 Å². The standard InChI is InChI=1S/C20H27N5O/c1-5-20(6-2)12-14-25(18(20)26)17-11-13-21-19(23-17)22-15-7-9-16(10-8-15)24(3)4/h7-11,13H,5-6,12,14H2,1-4H3,(H,21,22,23). The van der Waals surface area contributed by atoms with E-state index >= 15 is 0 Å². The second kappa shape index (κ2) is 7.32. The van der Waals surface area contributed by atoms with Crippen molar-refractivity contribution >= 4 is 29.0 Å². The van der Waals surface area contributed by atoms with Crippen LogP contribution in [0.2, 0.25) is 0 Å². The molecule has 0 unspecified atom stereocenters. The molecule has 1 aromatic carbocycles. The summed E-state index contributed by atoms with van der Waals surface area (Å²) in [5.74, 6) is 1.35. The molecule has 3 rings (SSSR count). The number of nitrogens with one attached hydrogen (secondary N) is 1. The van der Waals surface area contributed by atoms with E-state index in [1.807, 2.05) is 43.3 Å². The third kappa shape index (κ3) is 3.36. The van der Waals surface area contributed by atoms with Gasteiger partial charge in [-0.2, -0.15) is 4.98 Å². The number of hydrogen-bond donors (Lipinski definition) is 1. The van der Waals surface area contributed by atoms with E-state index in [2.05, 4.69) is 29.1 Å². The Hall–Kier alpha value is -2.63. The average Bonchev–Trinajstić information content (AvgIpc) is 2.99. The van der Waals surface area contributed by atoms with Crippen LogP contribution in [0, 0.1) is 5.41 Å². The lowest BCUT2D eigenvalue weighted by Gasteiger charge is -2.24. The minimum atomic E-state index is -0.236. The highest BCUT2D eigenvalue weighted by molar-refractivity contribution is 5.99. The average molecular weight is 353 g/mol. The Bertz CT molecular complexity index is 768. The number of carbonyl (C=O) groups excluding carboxylic acids is 1. The molecule has 0 spiro atoms. The van der Waals surface area contributed by atoms with Gasteiger partial charge in [-0.1, -0.05) is 13.8 Å². The van der Waals surface area contributed by atoms with Crippen molar-refractivity contribution in [2.75, 3.05) is 35.8 Å². The molecule has 0 saturated carbocycles. The maximum atomic E-state index is 12.9. The normalized spacial score (nSPS) is 16.0. The van der Waals surface area contributed by atoms with Gasteiger partial charge in [0.15, 0.2) is 0 Å². The summed E-state index contributed by atoms with van der Waals surface area (Å²) >= 11 is 0. The van der Waals surface area contributed by atoms with Crippen molar-refractivity contribution in [1.29, 1.82) is 0 Å². The van der Waals surface area contributed by atoms with Gasteiger partial charge in [-0.25, -0.2) is 4.98 Å². The minimum Gasteiger partial charge on any atom is -0.378 e. The van der Waals surface area contributed by atoms with E-state index in [9.17, 15) is 4.79 Å². The molecule has 1 fully saturated rings. The zero-order chi connectivity index (χ0) is 18.7. The number of nitrogens with zero attached hydrogens (tertiary/aromatic N) is 4. The first-order valence-electron chi connectivity index (χ1n) is 9.18. The Kier molecular flexibility index (Phi) is 5.11. The SMILES string of the molecule is CCC1(CC)CCN(c2ccnc(Nc3ccc(N(C)C)cc3)n2)C1=O. The van der Waals surface area contributed by atoms with E-state index in [1.54, 1.807) is 17.2 Å². The van der Waals surface area contributed by atoms with E-state index in [1.165, 1.54) is 0 Å². The second-order valence-electron chi connectivity index (χ2n) is 7.00. The first-order chi connectivity index (χ1) is 12.5. The number of rotatable bonds is 6. The molecular weight excluding hydrogens is 326 g/mol. The van der Waals surface area contributed by atoms with Crippen molar-refractivity contribution in [2.45, 2.75) is 33.1 Å². The van der Waals surface area contributed by atoms with Crippen LogP contribution in [0.15, 0.2) is 36.5 Å². The topological polar surface area (TPSA) is 61.4 Å². The largest absolute Gasteiger partial charge is 0.378 e. The van der Waals surface area contributed by atoms with Crippen LogP contribution in [0.3, 0.4) is 0 Å². The summed E-state index contributed by atoms with van der Waals surface area (Å²) in [5, 5.41) is 3.22. The number of carbonyl (C=O) groups is 1. The highest BCUT2D eigenvalue weighted by Gasteiger charge is 2.44. The van der Waals surface area contributed by atoms with Crippen molar-refractivity contribution in [2.24, 2.45) is 5.41 Å². The molecule has 1 saturated heterocycles. The van der Waals surface area contributed by atoms with E-state index < -0.39 is 0 Å². The first kappa shape index (κ1) is 18.2. The number of benzene rings is 1. The van der Waals surface area contributed by atoms with Crippen LogP contribution in [-0.4, -0.2) is 36.5 Å². The fraction of sp³-hybridized carbons (Fsp3) is 0.450. The molecule has 6 nitrogen and oxygen atoms in total. The molecule has 1 N–H and O–H groups in total. The lowest BCUT2D eigenvalue weighted by molar-refractivity contribution is -0.125. The number of amides is 1. The summed E-state index contributed by atoms with van der Waals surface area (Å²) in [7, 11) is 4.02. The van der Waals surface area contributed by atoms with Gasteiger partial charge < -0.3 is 10.2 Å². The monoisotopic (exact) mass is 353 g/mol. The Morgan fingerprint density at radius 2 is 1.85 bits per heavy atom. The van der Waals surface area contributed by atoms with E-state index in [0.717, 1.165) is 30.6 Å². The molecule has 0 bridgehead atoms. The molecule has 26 heavy (non-hydrogen) atoms. The van der Waals surface area contributed by atoms with E-state index in [-0.39, 0.29) is 11.3 Å². The maximum Gasteiger partial charge on any atom is 0.234 e. The highest BCUT2D eigenvalue weighted by atomic mass is 16.2. The fourth-order valence-corrected chi connectivity index (χ4v) is 3.48. The molecule has 2 aromatic rings. The van der Waals surface area contributed by atoms with Crippen molar-refractivity contribution in [3.8, 4) is 0 Å². The molecule has 138 valence electrons. The zero-order valence-corrected chi connectivity index (χ0v) is 16.0. The molecule has 1 aromatic heterocycles. The predicted octanol–water partition coefficient (Wildman–Crippen LogP) is 3.83. The fourth-order valence-electron chi connectivity index (χ4n) is 3.48. The molecule has 1 aliphatic heterocycles. The van der Waals surface area contributed by atoms with Crippen molar-refractivity contribution in [3.05, 3.63) is 36.5 Å². The Morgan fingerprint density at radius 3 is 2.42 bits per heavy atom. The van der Waals surface area contributed by atoms with Gasteiger partial charge in [-0.15, -0.1) is 0 Å². The molecule has 0 atom stereocenters. The lowest BCUT2D eigenvalue weighted by atomic mass is 9.81. The van der Waals surface area contributed by atoms with Gasteiger partial charge in [0.1, 0.15) is 5.82 Å². The summed E-state index contributed by atoms with van der Waals surface area (Å²) in [6, 6.07) is 9.86. The van der Waals surface area contributed by atoms with Crippen LogP contribution in [0.5, 0.6) is 0 Å². The molecule has 2 heterocycles. The van der Waals surface area contributed by atoms with Gasteiger partial charge in [0, 0.05) is 38.2 Å². The van der Waals surface area contributed by atoms with Crippen molar-refractivity contribution < 1.29 is 4.79 Å². The van der Waals surface area contributed by atoms with Gasteiger partial charge in [-0.05, 0) is 49.6 Å². The molecule has 0 radical (unpaired) electrons.